The van der Waals surface area contributed by atoms with E-state index in [0.29, 0.717) is 24.6 Å². The number of hydrogen-bond acceptors (Lipinski definition) is 3. The molecule has 2 aromatic rings. The van der Waals surface area contributed by atoms with Crippen LogP contribution in [-0.2, 0) is 13.0 Å². The zero-order valence-corrected chi connectivity index (χ0v) is 15.5. The SMILES string of the molecule is CCNC(=NCC(C)c1ccc(F)cc1F)NCCn1cnnc1CC. The molecule has 2 rings (SSSR count). The Morgan fingerprint density at radius 2 is 2.08 bits per heavy atom. The van der Waals surface area contributed by atoms with Crippen molar-refractivity contribution in [2.45, 2.75) is 39.7 Å². The predicted octanol–water partition coefficient (Wildman–Crippen LogP) is 2.48. The van der Waals surface area contributed by atoms with E-state index in [9.17, 15) is 8.78 Å². The topological polar surface area (TPSA) is 67.1 Å². The highest BCUT2D eigenvalue weighted by molar-refractivity contribution is 5.79. The number of rotatable bonds is 8. The molecule has 26 heavy (non-hydrogen) atoms. The Morgan fingerprint density at radius 1 is 1.27 bits per heavy atom. The molecule has 142 valence electrons. The van der Waals surface area contributed by atoms with Crippen LogP contribution in [0.1, 0.15) is 38.1 Å². The average Bonchev–Trinajstić information content (AvgIpc) is 3.07. The molecule has 0 radical (unpaired) electrons. The van der Waals surface area contributed by atoms with Crippen LogP contribution in [0.2, 0.25) is 0 Å². The summed E-state index contributed by atoms with van der Waals surface area (Å²) < 4.78 is 28.9. The van der Waals surface area contributed by atoms with Crippen LogP contribution in [0.3, 0.4) is 0 Å². The van der Waals surface area contributed by atoms with E-state index in [1.165, 1.54) is 12.1 Å². The third-order valence-corrected chi connectivity index (χ3v) is 4.02. The number of aromatic nitrogens is 3. The van der Waals surface area contributed by atoms with E-state index in [0.717, 1.165) is 31.4 Å². The predicted molar refractivity (Wildman–Crippen MR) is 98.2 cm³/mol. The summed E-state index contributed by atoms with van der Waals surface area (Å²) in [6.45, 7) is 8.39. The first-order valence-corrected chi connectivity index (χ1v) is 8.88. The van der Waals surface area contributed by atoms with Crippen molar-refractivity contribution in [1.29, 1.82) is 0 Å². The Kier molecular flexibility index (Phi) is 7.50. The number of aliphatic imine (C=N–C) groups is 1. The summed E-state index contributed by atoms with van der Waals surface area (Å²) >= 11 is 0. The Bertz CT molecular complexity index is 728. The quantitative estimate of drug-likeness (QED) is 0.558. The van der Waals surface area contributed by atoms with Gasteiger partial charge in [-0.3, -0.25) is 4.99 Å². The van der Waals surface area contributed by atoms with Gasteiger partial charge in [-0.15, -0.1) is 10.2 Å². The van der Waals surface area contributed by atoms with Crippen LogP contribution in [0.5, 0.6) is 0 Å². The second kappa shape index (κ2) is 9.84. The number of aryl methyl sites for hydroxylation is 1. The standard InChI is InChI=1S/C18H26F2N6/c1-4-17-25-24-12-26(17)9-8-22-18(21-5-2)23-11-13(3)15-7-6-14(19)10-16(15)20/h6-7,10,12-13H,4-5,8-9,11H2,1-3H3,(H2,21,22,23). The van der Waals surface area contributed by atoms with Gasteiger partial charge in [0.25, 0.3) is 0 Å². The van der Waals surface area contributed by atoms with Gasteiger partial charge in [0.15, 0.2) is 5.96 Å². The molecule has 0 aliphatic rings. The van der Waals surface area contributed by atoms with E-state index in [4.69, 9.17) is 0 Å². The van der Waals surface area contributed by atoms with Gasteiger partial charge in [-0.05, 0) is 18.6 Å². The first kappa shape index (κ1) is 19.8. The monoisotopic (exact) mass is 364 g/mol. The minimum Gasteiger partial charge on any atom is -0.357 e. The van der Waals surface area contributed by atoms with Crippen LogP contribution < -0.4 is 10.6 Å². The molecule has 0 saturated carbocycles. The summed E-state index contributed by atoms with van der Waals surface area (Å²) in [4.78, 5) is 4.51. The summed E-state index contributed by atoms with van der Waals surface area (Å²) in [6.07, 6.45) is 2.54. The molecule has 2 N–H and O–H groups in total. The lowest BCUT2D eigenvalue weighted by Crippen LogP contribution is -2.39. The maximum atomic E-state index is 13.9. The fourth-order valence-electron chi connectivity index (χ4n) is 2.60. The molecule has 1 aromatic heterocycles. The lowest BCUT2D eigenvalue weighted by Gasteiger charge is -2.14. The molecule has 0 saturated heterocycles. The maximum absolute atomic E-state index is 13.9. The van der Waals surface area contributed by atoms with Gasteiger partial charge in [0.05, 0.1) is 0 Å². The van der Waals surface area contributed by atoms with E-state index in [2.05, 4.69) is 25.8 Å². The largest absolute Gasteiger partial charge is 0.357 e. The van der Waals surface area contributed by atoms with Crippen LogP contribution in [-0.4, -0.2) is 40.4 Å². The molecule has 1 atom stereocenters. The van der Waals surface area contributed by atoms with Crippen LogP contribution in [0.4, 0.5) is 8.78 Å². The lowest BCUT2D eigenvalue weighted by atomic mass is 10.0. The lowest BCUT2D eigenvalue weighted by molar-refractivity contribution is 0.560. The molecule has 0 aliphatic carbocycles. The number of guanidine groups is 1. The van der Waals surface area contributed by atoms with Gasteiger partial charge in [0, 0.05) is 44.6 Å². The second-order valence-corrected chi connectivity index (χ2v) is 6.01. The summed E-state index contributed by atoms with van der Waals surface area (Å²) in [6, 6.07) is 3.65. The van der Waals surface area contributed by atoms with Crippen molar-refractivity contribution >= 4 is 5.96 Å². The van der Waals surface area contributed by atoms with E-state index in [1.807, 2.05) is 25.3 Å². The zero-order chi connectivity index (χ0) is 18.9. The molecule has 6 nitrogen and oxygen atoms in total. The van der Waals surface area contributed by atoms with Gasteiger partial charge < -0.3 is 15.2 Å². The van der Waals surface area contributed by atoms with Gasteiger partial charge in [-0.1, -0.05) is 19.9 Å². The van der Waals surface area contributed by atoms with Crippen molar-refractivity contribution in [2.24, 2.45) is 4.99 Å². The van der Waals surface area contributed by atoms with Gasteiger partial charge in [-0.25, -0.2) is 8.78 Å². The van der Waals surface area contributed by atoms with Gasteiger partial charge in [-0.2, -0.15) is 0 Å². The van der Waals surface area contributed by atoms with Crippen molar-refractivity contribution in [2.75, 3.05) is 19.6 Å². The van der Waals surface area contributed by atoms with E-state index < -0.39 is 11.6 Å². The highest BCUT2D eigenvalue weighted by Crippen LogP contribution is 2.20. The number of nitrogens with one attached hydrogen (secondary N) is 2. The molecule has 8 heteroatoms. The molecular weight excluding hydrogens is 338 g/mol. The van der Waals surface area contributed by atoms with Gasteiger partial charge in [0.1, 0.15) is 23.8 Å². The first-order chi connectivity index (χ1) is 12.5. The first-order valence-electron chi connectivity index (χ1n) is 8.88. The highest BCUT2D eigenvalue weighted by Gasteiger charge is 2.12. The minimum atomic E-state index is -0.572. The average molecular weight is 364 g/mol. The Morgan fingerprint density at radius 3 is 2.77 bits per heavy atom. The molecule has 0 spiro atoms. The van der Waals surface area contributed by atoms with Crippen LogP contribution in [0.25, 0.3) is 0 Å². The third-order valence-electron chi connectivity index (χ3n) is 4.02. The van der Waals surface area contributed by atoms with E-state index in [-0.39, 0.29) is 5.92 Å². The van der Waals surface area contributed by atoms with Crippen molar-refractivity contribution < 1.29 is 8.78 Å². The Labute approximate surface area is 152 Å². The van der Waals surface area contributed by atoms with Crippen LogP contribution >= 0.6 is 0 Å². The summed E-state index contributed by atoms with van der Waals surface area (Å²) in [5, 5.41) is 14.4. The van der Waals surface area contributed by atoms with E-state index in [1.54, 1.807) is 6.33 Å². The fourth-order valence-corrected chi connectivity index (χ4v) is 2.60. The Hall–Kier alpha value is -2.51. The molecule has 0 bridgehead atoms. The molecule has 0 fully saturated rings. The van der Waals surface area contributed by atoms with Gasteiger partial charge >= 0.3 is 0 Å². The van der Waals surface area contributed by atoms with Crippen LogP contribution in [0, 0.1) is 11.6 Å². The number of hydrogen-bond donors (Lipinski definition) is 2. The van der Waals surface area contributed by atoms with E-state index >= 15 is 0 Å². The molecule has 1 unspecified atom stereocenters. The smallest absolute Gasteiger partial charge is 0.191 e. The normalized spacial score (nSPS) is 12.9. The van der Waals surface area contributed by atoms with Crippen molar-refractivity contribution in [3.63, 3.8) is 0 Å². The summed E-state index contributed by atoms with van der Waals surface area (Å²) in [7, 11) is 0. The number of benzene rings is 1. The van der Waals surface area contributed by atoms with Crippen LogP contribution in [0.15, 0.2) is 29.5 Å². The highest BCUT2D eigenvalue weighted by atomic mass is 19.1. The number of nitrogens with zero attached hydrogens (tertiary/aromatic N) is 4. The van der Waals surface area contributed by atoms with Gasteiger partial charge in [0.2, 0.25) is 0 Å². The van der Waals surface area contributed by atoms with Crippen molar-refractivity contribution in [3.05, 3.63) is 47.5 Å². The summed E-state index contributed by atoms with van der Waals surface area (Å²) in [5.74, 6) is 0.334. The summed E-state index contributed by atoms with van der Waals surface area (Å²) in [5.41, 5.74) is 0.461. The molecular formula is C18H26F2N6. The fraction of sp³-hybridized carbons (Fsp3) is 0.500. The number of halogens is 2. The zero-order valence-electron chi connectivity index (χ0n) is 15.5. The molecule has 1 heterocycles. The molecule has 0 amide bonds. The third kappa shape index (κ3) is 5.50. The molecule has 0 aliphatic heterocycles. The second-order valence-electron chi connectivity index (χ2n) is 6.01. The Balaban J connectivity index is 1.93. The minimum absolute atomic E-state index is 0.157. The maximum Gasteiger partial charge on any atom is 0.191 e. The molecule has 1 aromatic carbocycles. The van der Waals surface area contributed by atoms with Crippen molar-refractivity contribution in [3.8, 4) is 0 Å². The van der Waals surface area contributed by atoms with Crippen molar-refractivity contribution in [1.82, 2.24) is 25.4 Å².